The van der Waals surface area contributed by atoms with Gasteiger partial charge >= 0.3 is 6.18 Å². The van der Waals surface area contributed by atoms with E-state index >= 15 is 0 Å². The predicted molar refractivity (Wildman–Crippen MR) is 67.9 cm³/mol. The molecule has 2 N–H and O–H groups in total. The monoisotopic (exact) mass is 285 g/mol. The van der Waals surface area contributed by atoms with Crippen LogP contribution in [0.4, 0.5) is 19.0 Å². The first-order valence-corrected chi connectivity index (χ1v) is 6.19. The lowest BCUT2D eigenvalue weighted by Gasteiger charge is -2.22. The Balaban J connectivity index is 2.07. The Bertz CT molecular complexity index is 540. The molecule has 1 aromatic heterocycles. The summed E-state index contributed by atoms with van der Waals surface area (Å²) in [5.74, 6) is -0.0944. The smallest absolute Gasteiger partial charge is 0.346 e. The van der Waals surface area contributed by atoms with E-state index < -0.39 is 18.1 Å². The summed E-state index contributed by atoms with van der Waals surface area (Å²) >= 11 is 0. The molecule has 2 rings (SSSR count). The highest BCUT2D eigenvalue weighted by molar-refractivity contribution is 5.95. The molecule has 2 heterocycles. The zero-order chi connectivity index (χ0) is 14.8. The normalized spacial score (nSPS) is 15.7. The first-order chi connectivity index (χ1) is 9.41. The van der Waals surface area contributed by atoms with E-state index in [1.807, 2.05) is 5.32 Å². The maximum absolute atomic E-state index is 12.6. The summed E-state index contributed by atoms with van der Waals surface area (Å²) in [4.78, 5) is 15.9. The van der Waals surface area contributed by atoms with Gasteiger partial charge in [0, 0.05) is 24.4 Å². The zero-order valence-corrected chi connectivity index (χ0v) is 10.8. The Kier molecular flexibility index (Phi) is 3.96. The van der Waals surface area contributed by atoms with Gasteiger partial charge in [0.15, 0.2) is 0 Å². The van der Waals surface area contributed by atoms with Crippen molar-refractivity contribution in [1.29, 1.82) is 0 Å². The highest BCUT2D eigenvalue weighted by Gasteiger charge is 2.39. The molecule has 1 aliphatic rings. The van der Waals surface area contributed by atoms with Crippen molar-refractivity contribution >= 4 is 11.7 Å². The largest absolute Gasteiger partial charge is 0.408 e. The fourth-order valence-corrected chi connectivity index (χ4v) is 1.94. The van der Waals surface area contributed by atoms with Gasteiger partial charge in [0.25, 0.3) is 0 Å². The Hall–Kier alpha value is -2.05. The number of nitrogens with one attached hydrogen (secondary N) is 2. The van der Waals surface area contributed by atoms with E-state index in [1.165, 1.54) is 13.1 Å². The maximum Gasteiger partial charge on any atom is 0.408 e. The van der Waals surface area contributed by atoms with E-state index in [1.54, 1.807) is 18.3 Å². The number of carbonyl (C=O) groups is 1. The minimum absolute atomic E-state index is 0.200. The van der Waals surface area contributed by atoms with E-state index in [-0.39, 0.29) is 18.4 Å². The second-order valence-electron chi connectivity index (χ2n) is 4.48. The quantitative estimate of drug-likeness (QED) is 0.896. The lowest BCUT2D eigenvalue weighted by atomic mass is 10.0. The Labute approximate surface area is 114 Å². The molecule has 1 atom stereocenters. The van der Waals surface area contributed by atoms with Crippen molar-refractivity contribution in [2.45, 2.75) is 32.0 Å². The van der Waals surface area contributed by atoms with Crippen LogP contribution in [0, 0.1) is 0 Å². The number of nitrogens with zero attached hydrogens (tertiary/aromatic N) is 1. The number of fused-ring (bicyclic) bond motifs is 1. The molecule has 0 radical (unpaired) electrons. The molecule has 0 bridgehead atoms. The number of anilines is 1. The molecule has 0 saturated heterocycles. The molecule has 20 heavy (non-hydrogen) atoms. The van der Waals surface area contributed by atoms with E-state index in [0.717, 1.165) is 5.56 Å². The summed E-state index contributed by atoms with van der Waals surface area (Å²) in [5.41, 5.74) is 1.04. The Morgan fingerprint density at radius 2 is 2.30 bits per heavy atom. The van der Waals surface area contributed by atoms with Gasteiger partial charge in [-0.05, 0) is 18.1 Å². The second kappa shape index (κ2) is 5.52. The second-order valence-corrected chi connectivity index (χ2v) is 4.48. The summed E-state index contributed by atoms with van der Waals surface area (Å²) in [5, 5.41) is 4.82. The summed E-state index contributed by atoms with van der Waals surface area (Å²) in [6.07, 6.45) is -1.38. The molecule has 7 heteroatoms. The standard InChI is InChI=1S/C13H14F3N3O/c1-2-10(13(14,15)16)19-12(20)9-6-8-4-3-5-17-11(8)18-7-9/h3-5,7,10H,2,6H2,1H3,(H,17,18)(H,19,20)/t10-/m1/s1. The van der Waals surface area contributed by atoms with Gasteiger partial charge in [-0.25, -0.2) is 4.98 Å². The topological polar surface area (TPSA) is 54.0 Å². The number of hydrogen-bond donors (Lipinski definition) is 2. The zero-order valence-electron chi connectivity index (χ0n) is 10.8. The van der Waals surface area contributed by atoms with Gasteiger partial charge in [-0.3, -0.25) is 4.79 Å². The molecule has 0 spiro atoms. The average Bonchev–Trinajstić information content (AvgIpc) is 2.42. The first kappa shape index (κ1) is 14.4. The molecule has 1 aromatic rings. The number of aromatic nitrogens is 1. The average molecular weight is 285 g/mol. The molecule has 0 saturated carbocycles. The van der Waals surface area contributed by atoms with Crippen LogP contribution in [0.2, 0.25) is 0 Å². The van der Waals surface area contributed by atoms with E-state index in [2.05, 4.69) is 10.3 Å². The van der Waals surface area contributed by atoms with Gasteiger partial charge in [-0.15, -0.1) is 0 Å². The fraction of sp³-hybridized carbons (Fsp3) is 0.385. The van der Waals surface area contributed by atoms with Gasteiger partial charge in [0.05, 0.1) is 0 Å². The summed E-state index contributed by atoms with van der Waals surface area (Å²) in [7, 11) is 0. The number of amides is 1. The number of pyridine rings is 1. The Morgan fingerprint density at radius 1 is 1.55 bits per heavy atom. The number of rotatable bonds is 3. The molecule has 108 valence electrons. The molecule has 0 aromatic carbocycles. The van der Waals surface area contributed by atoms with Crippen LogP contribution >= 0.6 is 0 Å². The third kappa shape index (κ3) is 3.09. The van der Waals surface area contributed by atoms with Crippen molar-refractivity contribution < 1.29 is 18.0 Å². The van der Waals surface area contributed by atoms with Crippen LogP contribution in [0.1, 0.15) is 18.9 Å². The number of alkyl halides is 3. The number of halogens is 3. The molecule has 0 unspecified atom stereocenters. The predicted octanol–water partition coefficient (Wildman–Crippen LogP) is 2.39. The summed E-state index contributed by atoms with van der Waals surface area (Å²) < 4.78 is 37.9. The summed E-state index contributed by atoms with van der Waals surface area (Å²) in [6, 6.07) is 1.66. The minimum atomic E-state index is -4.44. The number of hydrogen-bond acceptors (Lipinski definition) is 3. The number of carbonyl (C=O) groups excluding carboxylic acids is 1. The lowest BCUT2D eigenvalue weighted by Crippen LogP contribution is -2.45. The SMILES string of the molecule is CC[C@@H](NC(=O)C1=CNc2ncccc2C1)C(F)(F)F. The van der Waals surface area contributed by atoms with Gasteiger partial charge in [0.2, 0.25) is 5.91 Å². The van der Waals surface area contributed by atoms with Crippen molar-refractivity contribution in [3.63, 3.8) is 0 Å². The van der Waals surface area contributed by atoms with Crippen LogP contribution in [0.3, 0.4) is 0 Å². The van der Waals surface area contributed by atoms with Crippen LogP contribution in [0.15, 0.2) is 30.1 Å². The van der Waals surface area contributed by atoms with Crippen LogP contribution in [-0.2, 0) is 11.2 Å². The van der Waals surface area contributed by atoms with Crippen molar-refractivity contribution in [2.75, 3.05) is 5.32 Å². The van der Waals surface area contributed by atoms with Gasteiger partial charge in [-0.2, -0.15) is 13.2 Å². The Morgan fingerprint density at radius 3 is 2.95 bits per heavy atom. The van der Waals surface area contributed by atoms with Crippen molar-refractivity contribution in [2.24, 2.45) is 0 Å². The molecule has 0 aliphatic carbocycles. The van der Waals surface area contributed by atoms with Crippen LogP contribution in [-0.4, -0.2) is 23.1 Å². The van der Waals surface area contributed by atoms with Gasteiger partial charge < -0.3 is 10.6 Å². The van der Waals surface area contributed by atoms with Crippen LogP contribution < -0.4 is 10.6 Å². The molecule has 0 fully saturated rings. The van der Waals surface area contributed by atoms with E-state index in [0.29, 0.717) is 5.82 Å². The van der Waals surface area contributed by atoms with Gasteiger partial charge in [-0.1, -0.05) is 13.0 Å². The fourth-order valence-electron chi connectivity index (χ4n) is 1.94. The van der Waals surface area contributed by atoms with Crippen LogP contribution in [0.25, 0.3) is 0 Å². The van der Waals surface area contributed by atoms with Crippen molar-refractivity contribution in [3.8, 4) is 0 Å². The minimum Gasteiger partial charge on any atom is -0.346 e. The third-order valence-electron chi connectivity index (χ3n) is 3.06. The molecular formula is C13H14F3N3O. The highest BCUT2D eigenvalue weighted by atomic mass is 19.4. The molecule has 4 nitrogen and oxygen atoms in total. The molecule has 1 aliphatic heterocycles. The molecular weight excluding hydrogens is 271 g/mol. The van der Waals surface area contributed by atoms with E-state index in [4.69, 9.17) is 0 Å². The highest BCUT2D eigenvalue weighted by Crippen LogP contribution is 2.24. The van der Waals surface area contributed by atoms with E-state index in [9.17, 15) is 18.0 Å². The first-order valence-electron chi connectivity index (χ1n) is 6.19. The molecule has 1 amide bonds. The summed E-state index contributed by atoms with van der Waals surface area (Å²) in [6.45, 7) is 1.38. The van der Waals surface area contributed by atoms with Crippen molar-refractivity contribution in [1.82, 2.24) is 10.3 Å². The lowest BCUT2D eigenvalue weighted by molar-refractivity contribution is -0.161. The third-order valence-corrected chi connectivity index (χ3v) is 3.06. The van der Waals surface area contributed by atoms with Gasteiger partial charge in [0.1, 0.15) is 11.9 Å². The van der Waals surface area contributed by atoms with Crippen LogP contribution in [0.5, 0.6) is 0 Å². The van der Waals surface area contributed by atoms with Crippen molar-refractivity contribution in [3.05, 3.63) is 35.7 Å². The maximum atomic E-state index is 12.6.